The molecule has 0 saturated heterocycles. The van der Waals surface area contributed by atoms with Crippen molar-refractivity contribution >= 4 is 11.6 Å². The number of terminal acetylenes is 1. The Balaban J connectivity index is 2.28. The third kappa shape index (κ3) is 3.63. The van der Waals surface area contributed by atoms with Crippen molar-refractivity contribution in [3.8, 4) is 12.3 Å². The molecule has 0 aliphatic rings. The molecular formula is C11H12N2O. The van der Waals surface area contributed by atoms with Crippen molar-refractivity contribution in [2.75, 3.05) is 18.4 Å². The van der Waals surface area contributed by atoms with Crippen molar-refractivity contribution < 1.29 is 4.79 Å². The van der Waals surface area contributed by atoms with Gasteiger partial charge >= 0.3 is 0 Å². The van der Waals surface area contributed by atoms with Crippen LogP contribution in [0.25, 0.3) is 0 Å². The van der Waals surface area contributed by atoms with Crippen LogP contribution in [0.4, 0.5) is 5.69 Å². The summed E-state index contributed by atoms with van der Waals surface area (Å²) in [4.78, 5) is 11.1. The normalized spacial score (nSPS) is 8.79. The van der Waals surface area contributed by atoms with Crippen molar-refractivity contribution in [1.29, 1.82) is 0 Å². The molecule has 3 heteroatoms. The van der Waals surface area contributed by atoms with Gasteiger partial charge in [0.1, 0.15) is 0 Å². The van der Waals surface area contributed by atoms with Gasteiger partial charge in [0, 0.05) is 5.69 Å². The van der Waals surface area contributed by atoms with Gasteiger partial charge in [0.15, 0.2) is 0 Å². The topological polar surface area (TPSA) is 41.1 Å². The first kappa shape index (κ1) is 10.1. The molecule has 1 amide bonds. The first-order valence-corrected chi connectivity index (χ1v) is 4.32. The van der Waals surface area contributed by atoms with Crippen LogP contribution in [0.15, 0.2) is 30.3 Å². The Kier molecular flexibility index (Phi) is 4.09. The molecule has 1 rings (SSSR count). The van der Waals surface area contributed by atoms with Gasteiger partial charge in [0.25, 0.3) is 0 Å². The Morgan fingerprint density at radius 2 is 2.07 bits per heavy atom. The molecule has 0 heterocycles. The highest BCUT2D eigenvalue weighted by molar-refractivity contribution is 5.80. The quantitative estimate of drug-likeness (QED) is 0.688. The molecule has 0 bridgehead atoms. The summed E-state index contributed by atoms with van der Waals surface area (Å²) in [7, 11) is 0. The molecule has 72 valence electrons. The van der Waals surface area contributed by atoms with E-state index in [-0.39, 0.29) is 19.0 Å². The molecule has 3 nitrogen and oxygen atoms in total. The van der Waals surface area contributed by atoms with Crippen LogP contribution in [0.2, 0.25) is 0 Å². The first-order chi connectivity index (χ1) is 6.83. The van der Waals surface area contributed by atoms with E-state index in [0.29, 0.717) is 0 Å². The molecule has 2 N–H and O–H groups in total. The number of anilines is 1. The monoisotopic (exact) mass is 188 g/mol. The van der Waals surface area contributed by atoms with Crippen LogP contribution in [0.5, 0.6) is 0 Å². The number of carbonyl (C=O) groups is 1. The van der Waals surface area contributed by atoms with Gasteiger partial charge in [-0.3, -0.25) is 4.79 Å². The van der Waals surface area contributed by atoms with Crippen molar-refractivity contribution in [3.63, 3.8) is 0 Å². The van der Waals surface area contributed by atoms with Crippen molar-refractivity contribution in [2.24, 2.45) is 0 Å². The molecule has 0 unspecified atom stereocenters. The summed E-state index contributed by atoms with van der Waals surface area (Å²) < 4.78 is 0. The van der Waals surface area contributed by atoms with Crippen LogP contribution in [0.1, 0.15) is 0 Å². The standard InChI is InChI=1S/C11H12N2O/c1-2-8-12-11(14)9-13-10-6-4-3-5-7-10/h1,3-7,13H,8-9H2,(H,12,14). The lowest BCUT2D eigenvalue weighted by atomic mass is 10.3. The molecule has 0 radical (unpaired) electrons. The third-order valence-corrected chi connectivity index (χ3v) is 1.61. The SMILES string of the molecule is C#CCNC(=O)CNc1ccccc1. The molecule has 0 saturated carbocycles. The molecule has 0 atom stereocenters. The highest BCUT2D eigenvalue weighted by atomic mass is 16.1. The van der Waals surface area contributed by atoms with Gasteiger partial charge in [-0.15, -0.1) is 6.42 Å². The van der Waals surface area contributed by atoms with E-state index >= 15 is 0 Å². The summed E-state index contributed by atoms with van der Waals surface area (Å²) in [5.74, 6) is 2.23. The zero-order valence-electron chi connectivity index (χ0n) is 7.79. The van der Waals surface area contributed by atoms with Crippen molar-refractivity contribution in [2.45, 2.75) is 0 Å². The van der Waals surface area contributed by atoms with E-state index in [4.69, 9.17) is 6.42 Å². The summed E-state index contributed by atoms with van der Waals surface area (Å²) in [5, 5.41) is 5.54. The van der Waals surface area contributed by atoms with E-state index < -0.39 is 0 Å². The van der Waals surface area contributed by atoms with E-state index in [1.165, 1.54) is 0 Å². The molecular weight excluding hydrogens is 176 g/mol. The Bertz CT molecular complexity index is 327. The predicted molar refractivity (Wildman–Crippen MR) is 56.8 cm³/mol. The minimum absolute atomic E-state index is 0.105. The second-order valence-electron chi connectivity index (χ2n) is 2.70. The van der Waals surface area contributed by atoms with Gasteiger partial charge in [0.05, 0.1) is 13.1 Å². The van der Waals surface area contributed by atoms with Crippen LogP contribution >= 0.6 is 0 Å². The van der Waals surface area contributed by atoms with Crippen molar-refractivity contribution in [1.82, 2.24) is 5.32 Å². The fourth-order valence-electron chi connectivity index (χ4n) is 0.950. The number of rotatable bonds is 4. The Morgan fingerprint density at radius 3 is 2.71 bits per heavy atom. The zero-order chi connectivity index (χ0) is 10.2. The van der Waals surface area contributed by atoms with Crippen LogP contribution in [0.3, 0.4) is 0 Å². The molecule has 14 heavy (non-hydrogen) atoms. The summed E-state index contributed by atoms with van der Waals surface area (Å²) in [6, 6.07) is 9.52. The second kappa shape index (κ2) is 5.65. The van der Waals surface area contributed by atoms with Crippen LogP contribution < -0.4 is 10.6 Å². The van der Waals surface area contributed by atoms with Gasteiger partial charge in [-0.2, -0.15) is 0 Å². The largest absolute Gasteiger partial charge is 0.376 e. The molecule has 1 aromatic rings. The Morgan fingerprint density at radius 1 is 1.36 bits per heavy atom. The smallest absolute Gasteiger partial charge is 0.240 e. The molecule has 0 aromatic heterocycles. The van der Waals surface area contributed by atoms with Gasteiger partial charge in [-0.25, -0.2) is 0 Å². The highest BCUT2D eigenvalue weighted by Crippen LogP contribution is 2.03. The fraction of sp³-hybridized carbons (Fsp3) is 0.182. The zero-order valence-corrected chi connectivity index (χ0v) is 7.79. The number of hydrogen-bond donors (Lipinski definition) is 2. The average molecular weight is 188 g/mol. The maximum Gasteiger partial charge on any atom is 0.240 e. The minimum Gasteiger partial charge on any atom is -0.376 e. The number of nitrogens with one attached hydrogen (secondary N) is 2. The lowest BCUT2D eigenvalue weighted by Crippen LogP contribution is -2.29. The van der Waals surface area contributed by atoms with E-state index in [1.54, 1.807) is 0 Å². The van der Waals surface area contributed by atoms with Crippen molar-refractivity contribution in [3.05, 3.63) is 30.3 Å². The molecule has 0 fully saturated rings. The number of para-hydroxylation sites is 1. The van der Waals surface area contributed by atoms with E-state index in [0.717, 1.165) is 5.69 Å². The van der Waals surface area contributed by atoms with E-state index in [1.807, 2.05) is 30.3 Å². The van der Waals surface area contributed by atoms with Gasteiger partial charge in [-0.05, 0) is 12.1 Å². The number of amides is 1. The number of hydrogen-bond acceptors (Lipinski definition) is 2. The molecule has 0 aliphatic heterocycles. The first-order valence-electron chi connectivity index (χ1n) is 4.32. The van der Waals surface area contributed by atoms with Gasteiger partial charge in [0.2, 0.25) is 5.91 Å². The lowest BCUT2D eigenvalue weighted by molar-refractivity contribution is -0.119. The summed E-state index contributed by atoms with van der Waals surface area (Å²) >= 11 is 0. The third-order valence-electron chi connectivity index (χ3n) is 1.61. The fourth-order valence-corrected chi connectivity index (χ4v) is 0.950. The summed E-state index contributed by atoms with van der Waals surface area (Å²) in [6.07, 6.45) is 5.00. The van der Waals surface area contributed by atoms with Crippen LogP contribution in [0, 0.1) is 12.3 Å². The number of benzene rings is 1. The maximum absolute atomic E-state index is 11.1. The van der Waals surface area contributed by atoms with Crippen LogP contribution in [-0.4, -0.2) is 19.0 Å². The number of carbonyl (C=O) groups excluding carboxylic acids is 1. The minimum atomic E-state index is -0.105. The maximum atomic E-state index is 11.1. The summed E-state index contributed by atoms with van der Waals surface area (Å²) in [5.41, 5.74) is 0.920. The van der Waals surface area contributed by atoms with E-state index in [2.05, 4.69) is 16.6 Å². The predicted octanol–water partition coefficient (Wildman–Crippen LogP) is 0.848. The van der Waals surface area contributed by atoms with Gasteiger partial charge in [-0.1, -0.05) is 24.1 Å². The Hall–Kier alpha value is -1.95. The Labute approximate surface area is 83.5 Å². The van der Waals surface area contributed by atoms with E-state index in [9.17, 15) is 4.79 Å². The molecule has 1 aromatic carbocycles. The lowest BCUT2D eigenvalue weighted by Gasteiger charge is -2.05. The molecule has 0 spiro atoms. The molecule has 0 aliphatic carbocycles. The van der Waals surface area contributed by atoms with Gasteiger partial charge < -0.3 is 10.6 Å². The van der Waals surface area contributed by atoms with Crippen LogP contribution in [-0.2, 0) is 4.79 Å². The summed E-state index contributed by atoms with van der Waals surface area (Å²) in [6.45, 7) is 0.515. The average Bonchev–Trinajstić information content (AvgIpc) is 2.25. The second-order valence-corrected chi connectivity index (χ2v) is 2.70. The highest BCUT2D eigenvalue weighted by Gasteiger charge is 1.97.